The van der Waals surface area contributed by atoms with Crippen molar-refractivity contribution in [1.82, 2.24) is 4.57 Å². The van der Waals surface area contributed by atoms with E-state index in [1.165, 1.54) is 0 Å². The Bertz CT molecular complexity index is 692. The zero-order chi connectivity index (χ0) is 15.4. The molecule has 1 aromatic heterocycles. The molecule has 2 N–H and O–H groups in total. The first kappa shape index (κ1) is 15.1. The van der Waals surface area contributed by atoms with Gasteiger partial charge in [0.1, 0.15) is 5.75 Å². The highest BCUT2D eigenvalue weighted by Gasteiger charge is 2.13. The second-order valence-electron chi connectivity index (χ2n) is 4.83. The number of nitrogen functional groups attached to an aromatic ring is 1. The third kappa shape index (κ3) is 3.08. The maximum Gasteiger partial charge on any atom is 0.274 e. The van der Waals surface area contributed by atoms with E-state index in [1.807, 2.05) is 31.2 Å². The van der Waals surface area contributed by atoms with Gasteiger partial charge in [-0.15, -0.1) is 0 Å². The van der Waals surface area contributed by atoms with E-state index < -0.39 is 0 Å². The van der Waals surface area contributed by atoms with Crippen LogP contribution in [0.2, 0.25) is 0 Å². The molecule has 0 fully saturated rings. The van der Waals surface area contributed by atoms with Gasteiger partial charge >= 0.3 is 0 Å². The van der Waals surface area contributed by atoms with Gasteiger partial charge in [0.25, 0.3) is 5.56 Å². The summed E-state index contributed by atoms with van der Waals surface area (Å²) in [6.45, 7) is 2.87. The predicted octanol–water partition coefficient (Wildman–Crippen LogP) is 2.06. The van der Waals surface area contributed by atoms with E-state index in [2.05, 4.69) is 0 Å². The van der Waals surface area contributed by atoms with Crippen molar-refractivity contribution in [1.29, 1.82) is 0 Å². The van der Waals surface area contributed by atoms with Gasteiger partial charge in [0.15, 0.2) is 0 Å². The molecule has 0 amide bonds. The van der Waals surface area contributed by atoms with Crippen LogP contribution in [0.15, 0.2) is 35.1 Å². The standard InChI is InChI=1S/C16H20N2O3/c1-11-4-7-15(21-3)12(10-11)14-6-5-13(17)16(19)18(14)8-9-20-2/h4-7,10H,8-9,17H2,1-3H3. The van der Waals surface area contributed by atoms with Crippen LogP contribution in [0.25, 0.3) is 11.3 Å². The topological polar surface area (TPSA) is 66.5 Å². The summed E-state index contributed by atoms with van der Waals surface area (Å²) in [6.07, 6.45) is 0. The van der Waals surface area contributed by atoms with E-state index in [4.69, 9.17) is 15.2 Å². The number of aryl methyl sites for hydroxylation is 1. The second-order valence-corrected chi connectivity index (χ2v) is 4.83. The van der Waals surface area contributed by atoms with Crippen LogP contribution in [0.3, 0.4) is 0 Å². The van der Waals surface area contributed by atoms with E-state index in [-0.39, 0.29) is 11.2 Å². The van der Waals surface area contributed by atoms with E-state index >= 15 is 0 Å². The van der Waals surface area contributed by atoms with Gasteiger partial charge in [-0.2, -0.15) is 0 Å². The summed E-state index contributed by atoms with van der Waals surface area (Å²) in [5, 5.41) is 0. The number of rotatable bonds is 5. The fraction of sp³-hybridized carbons (Fsp3) is 0.312. The summed E-state index contributed by atoms with van der Waals surface area (Å²) < 4.78 is 12.1. The van der Waals surface area contributed by atoms with Gasteiger partial charge < -0.3 is 19.8 Å². The molecule has 5 nitrogen and oxygen atoms in total. The first-order chi connectivity index (χ1) is 10.1. The summed E-state index contributed by atoms with van der Waals surface area (Å²) in [5.74, 6) is 0.718. The SMILES string of the molecule is COCCn1c(-c2cc(C)ccc2OC)ccc(N)c1=O. The zero-order valence-electron chi connectivity index (χ0n) is 12.6. The number of hydrogen-bond donors (Lipinski definition) is 1. The largest absolute Gasteiger partial charge is 0.496 e. The number of anilines is 1. The minimum Gasteiger partial charge on any atom is -0.496 e. The van der Waals surface area contributed by atoms with Gasteiger partial charge in [-0.05, 0) is 31.2 Å². The smallest absolute Gasteiger partial charge is 0.274 e. The lowest BCUT2D eigenvalue weighted by atomic mass is 10.1. The molecule has 0 saturated carbocycles. The molecule has 21 heavy (non-hydrogen) atoms. The van der Waals surface area contributed by atoms with Gasteiger partial charge in [0, 0.05) is 19.2 Å². The van der Waals surface area contributed by atoms with Crippen LogP contribution in [-0.4, -0.2) is 25.4 Å². The molecule has 5 heteroatoms. The van der Waals surface area contributed by atoms with Gasteiger partial charge in [-0.1, -0.05) is 11.6 Å². The molecule has 0 aliphatic rings. The van der Waals surface area contributed by atoms with Crippen LogP contribution in [0.5, 0.6) is 5.75 Å². The Morgan fingerprint density at radius 1 is 1.19 bits per heavy atom. The van der Waals surface area contributed by atoms with E-state index in [1.54, 1.807) is 24.9 Å². The average Bonchev–Trinajstić information content (AvgIpc) is 2.48. The van der Waals surface area contributed by atoms with Crippen LogP contribution in [-0.2, 0) is 11.3 Å². The van der Waals surface area contributed by atoms with Gasteiger partial charge in [0.05, 0.1) is 25.1 Å². The maximum atomic E-state index is 12.3. The fourth-order valence-corrected chi connectivity index (χ4v) is 2.26. The van der Waals surface area contributed by atoms with Crippen molar-refractivity contribution < 1.29 is 9.47 Å². The number of nitrogens with two attached hydrogens (primary N) is 1. The van der Waals surface area contributed by atoms with Crippen LogP contribution in [0.4, 0.5) is 5.69 Å². The third-order valence-corrected chi connectivity index (χ3v) is 3.35. The molecule has 0 spiro atoms. The van der Waals surface area contributed by atoms with Gasteiger partial charge in [-0.25, -0.2) is 0 Å². The van der Waals surface area contributed by atoms with Gasteiger partial charge in [-0.3, -0.25) is 4.79 Å². The maximum absolute atomic E-state index is 12.3. The molecule has 2 aromatic rings. The lowest BCUT2D eigenvalue weighted by Crippen LogP contribution is -2.26. The summed E-state index contributed by atoms with van der Waals surface area (Å²) in [4.78, 5) is 12.3. The van der Waals surface area contributed by atoms with Crippen molar-refractivity contribution in [3.63, 3.8) is 0 Å². The minimum absolute atomic E-state index is 0.215. The Balaban J connectivity index is 2.66. The molecule has 0 radical (unpaired) electrons. The second kappa shape index (κ2) is 6.45. The quantitative estimate of drug-likeness (QED) is 0.914. The van der Waals surface area contributed by atoms with Crippen molar-refractivity contribution in [3.05, 3.63) is 46.2 Å². The first-order valence-electron chi connectivity index (χ1n) is 6.71. The average molecular weight is 288 g/mol. The van der Waals surface area contributed by atoms with E-state index in [9.17, 15) is 4.79 Å². The molecule has 1 heterocycles. The highest BCUT2D eigenvalue weighted by Crippen LogP contribution is 2.30. The number of hydrogen-bond acceptors (Lipinski definition) is 4. The van der Waals surface area contributed by atoms with Crippen LogP contribution >= 0.6 is 0 Å². The fourth-order valence-electron chi connectivity index (χ4n) is 2.26. The summed E-state index contributed by atoms with van der Waals surface area (Å²) in [5.41, 5.74) is 8.47. The van der Waals surface area contributed by atoms with Crippen molar-refractivity contribution in [2.24, 2.45) is 0 Å². The number of nitrogens with zero attached hydrogens (tertiary/aromatic N) is 1. The molecule has 1 aromatic carbocycles. The van der Waals surface area contributed by atoms with E-state index in [0.29, 0.717) is 13.2 Å². The number of methoxy groups -OCH3 is 2. The number of pyridine rings is 1. The Morgan fingerprint density at radius 3 is 2.62 bits per heavy atom. The van der Waals surface area contributed by atoms with Crippen LogP contribution < -0.4 is 16.0 Å². The Kier molecular flexibility index (Phi) is 4.65. The Hall–Kier alpha value is -2.27. The number of aromatic nitrogens is 1. The first-order valence-corrected chi connectivity index (χ1v) is 6.71. The molecule has 0 saturated heterocycles. The molecule has 0 aliphatic carbocycles. The van der Waals surface area contributed by atoms with Crippen LogP contribution in [0.1, 0.15) is 5.56 Å². The van der Waals surface area contributed by atoms with E-state index in [0.717, 1.165) is 22.6 Å². The molecule has 0 aliphatic heterocycles. The molecular formula is C16H20N2O3. The number of ether oxygens (including phenoxy) is 2. The van der Waals surface area contributed by atoms with Gasteiger partial charge in [0.2, 0.25) is 0 Å². The van der Waals surface area contributed by atoms with Crippen molar-refractivity contribution in [2.75, 3.05) is 26.6 Å². The minimum atomic E-state index is -0.215. The molecule has 112 valence electrons. The zero-order valence-corrected chi connectivity index (χ0v) is 12.6. The Labute approximate surface area is 123 Å². The monoisotopic (exact) mass is 288 g/mol. The van der Waals surface area contributed by atoms with Crippen molar-refractivity contribution in [3.8, 4) is 17.0 Å². The normalized spacial score (nSPS) is 10.6. The molecule has 2 rings (SSSR count). The van der Waals surface area contributed by atoms with Crippen molar-refractivity contribution in [2.45, 2.75) is 13.5 Å². The highest BCUT2D eigenvalue weighted by atomic mass is 16.5. The lowest BCUT2D eigenvalue weighted by molar-refractivity contribution is 0.186. The molecule has 0 bridgehead atoms. The molecule has 0 atom stereocenters. The molecule has 0 unspecified atom stereocenters. The Morgan fingerprint density at radius 2 is 1.95 bits per heavy atom. The third-order valence-electron chi connectivity index (χ3n) is 3.35. The molecular weight excluding hydrogens is 268 g/mol. The predicted molar refractivity (Wildman–Crippen MR) is 83.7 cm³/mol. The summed E-state index contributed by atoms with van der Waals surface area (Å²) >= 11 is 0. The highest BCUT2D eigenvalue weighted by molar-refractivity contribution is 5.69. The van der Waals surface area contributed by atoms with Crippen molar-refractivity contribution >= 4 is 5.69 Å². The summed E-state index contributed by atoms with van der Waals surface area (Å²) in [7, 11) is 3.22. The lowest BCUT2D eigenvalue weighted by Gasteiger charge is -2.16. The summed E-state index contributed by atoms with van der Waals surface area (Å²) in [6, 6.07) is 9.32. The van der Waals surface area contributed by atoms with Crippen LogP contribution in [0, 0.1) is 6.92 Å². The number of benzene rings is 1.